The van der Waals surface area contributed by atoms with Gasteiger partial charge in [-0.05, 0) is 32.8 Å². The lowest BCUT2D eigenvalue weighted by molar-refractivity contribution is -0.144. The minimum absolute atomic E-state index is 0.175. The molecule has 7 heteroatoms. The molecule has 0 N–H and O–H groups in total. The Bertz CT molecular complexity index is 578. The fraction of sp³-hybridized carbons (Fsp3) is 0.533. The highest BCUT2D eigenvalue weighted by molar-refractivity contribution is 8.03. The Hall–Kier alpha value is -1.76. The summed E-state index contributed by atoms with van der Waals surface area (Å²) in [5, 5.41) is 0.503. The maximum atomic E-state index is 12.3. The van der Waals surface area contributed by atoms with Crippen LogP contribution < -0.4 is 0 Å². The first-order valence-corrected chi connectivity index (χ1v) is 8.22. The molecule has 0 saturated heterocycles. The van der Waals surface area contributed by atoms with Crippen molar-refractivity contribution in [2.75, 3.05) is 19.0 Å². The molecule has 2 rings (SSSR count). The molecule has 6 nitrogen and oxygen atoms in total. The molecule has 0 bridgehead atoms. The van der Waals surface area contributed by atoms with Gasteiger partial charge in [-0.3, -0.25) is 9.69 Å². The van der Waals surface area contributed by atoms with Crippen molar-refractivity contribution < 1.29 is 23.9 Å². The zero-order valence-corrected chi connectivity index (χ0v) is 13.7. The number of hydrogen-bond acceptors (Lipinski definition) is 6. The first-order chi connectivity index (χ1) is 10.5. The van der Waals surface area contributed by atoms with Crippen molar-refractivity contribution in [2.24, 2.45) is 0 Å². The van der Waals surface area contributed by atoms with Crippen LogP contribution in [0.3, 0.4) is 0 Å². The number of nitrogens with zero attached hydrogens (tertiary/aromatic N) is 1. The number of rotatable bonds is 4. The van der Waals surface area contributed by atoms with E-state index in [0.717, 1.165) is 5.57 Å². The fourth-order valence-electron chi connectivity index (χ4n) is 2.39. The normalized spacial score (nSPS) is 18.3. The average molecular weight is 325 g/mol. The lowest BCUT2D eigenvalue weighted by atomic mass is 10.0. The van der Waals surface area contributed by atoms with Gasteiger partial charge >= 0.3 is 11.9 Å². The van der Waals surface area contributed by atoms with Crippen LogP contribution in [-0.2, 0) is 23.9 Å². The predicted octanol–water partition coefficient (Wildman–Crippen LogP) is 1.97. The maximum absolute atomic E-state index is 12.3. The van der Waals surface area contributed by atoms with Gasteiger partial charge in [-0.2, -0.15) is 0 Å². The maximum Gasteiger partial charge on any atom is 0.355 e. The van der Waals surface area contributed by atoms with Crippen LogP contribution in [0.2, 0.25) is 0 Å². The molecule has 2 aliphatic heterocycles. The SMILES string of the molecule is CCOC(=O)C1=C2SCC(C)=C(C(=O)OCC)N2C(=O)CC1. The van der Waals surface area contributed by atoms with Crippen LogP contribution in [0.5, 0.6) is 0 Å². The molecule has 0 radical (unpaired) electrons. The molecule has 120 valence electrons. The van der Waals surface area contributed by atoms with Crippen LogP contribution in [-0.4, -0.2) is 41.7 Å². The van der Waals surface area contributed by atoms with E-state index < -0.39 is 11.9 Å². The number of fused-ring (bicyclic) bond motifs is 1. The number of carbonyl (C=O) groups excluding carboxylic acids is 3. The third-order valence-electron chi connectivity index (χ3n) is 3.34. The Kier molecular flexibility index (Phi) is 5.28. The number of hydrogen-bond donors (Lipinski definition) is 0. The van der Waals surface area contributed by atoms with Crippen molar-refractivity contribution in [3.63, 3.8) is 0 Å². The molecule has 0 aromatic heterocycles. The topological polar surface area (TPSA) is 72.9 Å². The summed E-state index contributed by atoms with van der Waals surface area (Å²) >= 11 is 1.38. The lowest BCUT2D eigenvalue weighted by Crippen LogP contribution is -2.40. The van der Waals surface area contributed by atoms with Gasteiger partial charge in [-0.15, -0.1) is 11.8 Å². The van der Waals surface area contributed by atoms with Crippen LogP contribution in [0.4, 0.5) is 0 Å². The smallest absolute Gasteiger partial charge is 0.355 e. The monoisotopic (exact) mass is 325 g/mol. The second-order valence-corrected chi connectivity index (χ2v) is 5.84. The zero-order valence-electron chi connectivity index (χ0n) is 12.9. The molecule has 2 heterocycles. The molecule has 1 amide bonds. The highest BCUT2D eigenvalue weighted by atomic mass is 32.2. The van der Waals surface area contributed by atoms with E-state index in [0.29, 0.717) is 22.8 Å². The van der Waals surface area contributed by atoms with Crippen molar-refractivity contribution in [1.82, 2.24) is 4.90 Å². The quantitative estimate of drug-likeness (QED) is 0.736. The minimum atomic E-state index is -0.531. The van der Waals surface area contributed by atoms with Crippen molar-refractivity contribution in [3.05, 3.63) is 21.9 Å². The van der Waals surface area contributed by atoms with Crippen LogP contribution in [0.15, 0.2) is 21.9 Å². The van der Waals surface area contributed by atoms with E-state index in [1.165, 1.54) is 16.7 Å². The number of ether oxygens (including phenoxy) is 2. The second-order valence-electron chi connectivity index (χ2n) is 4.87. The summed E-state index contributed by atoms with van der Waals surface area (Å²) < 4.78 is 10.1. The molecular formula is C15H19NO5S. The summed E-state index contributed by atoms with van der Waals surface area (Å²) in [6.45, 7) is 5.74. The molecule has 2 aliphatic rings. The van der Waals surface area contributed by atoms with Crippen LogP contribution in [0.1, 0.15) is 33.6 Å². The lowest BCUT2D eigenvalue weighted by Gasteiger charge is -2.35. The van der Waals surface area contributed by atoms with Gasteiger partial charge in [0, 0.05) is 12.2 Å². The molecule has 0 aromatic carbocycles. The van der Waals surface area contributed by atoms with Crippen molar-refractivity contribution in [2.45, 2.75) is 33.6 Å². The van der Waals surface area contributed by atoms with Gasteiger partial charge in [-0.1, -0.05) is 0 Å². The Morgan fingerprint density at radius 1 is 1.14 bits per heavy atom. The van der Waals surface area contributed by atoms with Gasteiger partial charge in [0.25, 0.3) is 0 Å². The van der Waals surface area contributed by atoms with Gasteiger partial charge < -0.3 is 9.47 Å². The van der Waals surface area contributed by atoms with E-state index in [-0.39, 0.29) is 31.2 Å². The van der Waals surface area contributed by atoms with E-state index in [4.69, 9.17) is 9.47 Å². The summed E-state index contributed by atoms with van der Waals surface area (Å²) in [5.41, 5.74) is 1.47. The van der Waals surface area contributed by atoms with E-state index >= 15 is 0 Å². The number of amides is 1. The molecule has 0 unspecified atom stereocenters. The first-order valence-electron chi connectivity index (χ1n) is 7.24. The van der Waals surface area contributed by atoms with Crippen molar-refractivity contribution in [3.8, 4) is 0 Å². The standard InChI is InChI=1S/C15H19NO5S/c1-4-20-14(18)10-6-7-11(17)16-12(15(19)21-5-2)9(3)8-22-13(10)16/h4-8H2,1-3H3. The molecule has 0 saturated carbocycles. The highest BCUT2D eigenvalue weighted by Crippen LogP contribution is 2.41. The Balaban J connectivity index is 2.46. The highest BCUT2D eigenvalue weighted by Gasteiger charge is 2.39. The summed E-state index contributed by atoms with van der Waals surface area (Å²) in [5.74, 6) is -0.616. The van der Waals surface area contributed by atoms with Gasteiger partial charge in [0.1, 0.15) is 5.70 Å². The Morgan fingerprint density at radius 3 is 2.41 bits per heavy atom. The first kappa shape index (κ1) is 16.6. The van der Waals surface area contributed by atoms with Crippen LogP contribution in [0, 0.1) is 0 Å². The second kappa shape index (κ2) is 7.00. The van der Waals surface area contributed by atoms with Crippen molar-refractivity contribution >= 4 is 29.6 Å². The summed E-state index contributed by atoms with van der Waals surface area (Å²) in [6.07, 6.45) is 0.514. The third kappa shape index (κ3) is 3.04. The fourth-order valence-corrected chi connectivity index (χ4v) is 3.56. The molecule has 0 fully saturated rings. The summed E-state index contributed by atoms with van der Waals surface area (Å²) in [4.78, 5) is 37.9. The Morgan fingerprint density at radius 2 is 1.77 bits per heavy atom. The summed E-state index contributed by atoms with van der Waals surface area (Å²) in [7, 11) is 0. The number of thioether (sulfide) groups is 1. The minimum Gasteiger partial charge on any atom is -0.463 e. The molecular weight excluding hydrogens is 306 g/mol. The Labute approximate surface area is 133 Å². The van der Waals surface area contributed by atoms with Crippen LogP contribution in [0.25, 0.3) is 0 Å². The number of esters is 2. The molecule has 0 aromatic rings. The predicted molar refractivity (Wildman–Crippen MR) is 81.5 cm³/mol. The number of carbonyl (C=O) groups is 3. The molecule has 0 aliphatic carbocycles. The molecule has 0 spiro atoms. The average Bonchev–Trinajstić information content (AvgIpc) is 2.48. The van der Waals surface area contributed by atoms with Crippen LogP contribution >= 0.6 is 11.8 Å². The summed E-state index contributed by atoms with van der Waals surface area (Å²) in [6, 6.07) is 0. The molecule has 22 heavy (non-hydrogen) atoms. The van der Waals surface area contributed by atoms with Gasteiger partial charge in [-0.25, -0.2) is 9.59 Å². The molecule has 0 atom stereocenters. The zero-order chi connectivity index (χ0) is 16.3. The van der Waals surface area contributed by atoms with Crippen molar-refractivity contribution in [1.29, 1.82) is 0 Å². The van der Waals surface area contributed by atoms with Gasteiger partial charge in [0.05, 0.1) is 23.8 Å². The van der Waals surface area contributed by atoms with Gasteiger partial charge in [0.15, 0.2) is 0 Å². The van der Waals surface area contributed by atoms with E-state index in [1.54, 1.807) is 20.8 Å². The largest absolute Gasteiger partial charge is 0.463 e. The van der Waals surface area contributed by atoms with E-state index in [2.05, 4.69) is 0 Å². The van der Waals surface area contributed by atoms with E-state index in [9.17, 15) is 14.4 Å². The van der Waals surface area contributed by atoms with Gasteiger partial charge in [0.2, 0.25) is 5.91 Å². The van der Waals surface area contributed by atoms with E-state index in [1.807, 2.05) is 0 Å². The third-order valence-corrected chi connectivity index (χ3v) is 4.62.